The van der Waals surface area contributed by atoms with Crippen LogP contribution in [0, 0.1) is 11.8 Å². The van der Waals surface area contributed by atoms with Crippen LogP contribution in [-0.2, 0) is 19.8 Å². The number of carbonyl (C=O) groups is 3. The molecule has 8 nitrogen and oxygen atoms in total. The molecule has 0 bridgehead atoms. The number of likely N-dealkylation sites (tertiary alicyclic amines) is 3. The lowest BCUT2D eigenvalue weighted by atomic mass is 9.67. The van der Waals surface area contributed by atoms with Crippen LogP contribution < -0.4 is 5.32 Å². The predicted molar refractivity (Wildman–Crippen MR) is 203 cm³/mol. The average molecular weight is 705 g/mol. The fourth-order valence-electron chi connectivity index (χ4n) is 9.70. The summed E-state index contributed by atoms with van der Waals surface area (Å²) >= 11 is 0. The Bertz CT molecular complexity index is 1530. The molecule has 0 spiro atoms. The number of rotatable bonds is 11. The van der Waals surface area contributed by atoms with Crippen LogP contribution in [-0.4, -0.2) is 95.0 Å². The third kappa shape index (κ3) is 7.98. The van der Waals surface area contributed by atoms with Crippen molar-refractivity contribution in [3.8, 4) is 0 Å². The van der Waals surface area contributed by atoms with Gasteiger partial charge in [0.1, 0.15) is 12.1 Å². The molecule has 8 heteroatoms. The minimum absolute atomic E-state index is 0.0879. The normalized spacial score (nSPS) is 24.6. The number of amides is 3. The maximum atomic E-state index is 14.7. The molecule has 1 unspecified atom stereocenters. The Morgan fingerprint density at radius 3 is 1.85 bits per heavy atom. The van der Waals surface area contributed by atoms with Gasteiger partial charge in [0.15, 0.2) is 0 Å². The fourth-order valence-corrected chi connectivity index (χ4v) is 9.70. The zero-order valence-electron chi connectivity index (χ0n) is 30.6. The Morgan fingerprint density at radius 1 is 0.654 bits per heavy atom. The van der Waals surface area contributed by atoms with Crippen LogP contribution in [0.2, 0.25) is 0 Å². The molecule has 3 heterocycles. The number of hydrogen-bond donors (Lipinski definition) is 2. The molecule has 0 radical (unpaired) electrons. The zero-order valence-corrected chi connectivity index (χ0v) is 30.6. The number of hydrogen-bond acceptors (Lipinski definition) is 5. The molecule has 3 aromatic carbocycles. The Labute approximate surface area is 309 Å². The van der Waals surface area contributed by atoms with E-state index in [9.17, 15) is 19.5 Å². The molecular weight excluding hydrogens is 649 g/mol. The van der Waals surface area contributed by atoms with Crippen LogP contribution in [0.3, 0.4) is 0 Å². The molecule has 2 N–H and O–H groups in total. The zero-order chi connectivity index (χ0) is 35.9. The molecule has 3 aromatic rings. The van der Waals surface area contributed by atoms with E-state index < -0.39 is 23.6 Å². The van der Waals surface area contributed by atoms with E-state index in [2.05, 4.69) is 46.6 Å². The highest BCUT2D eigenvalue weighted by atomic mass is 16.3. The van der Waals surface area contributed by atoms with E-state index in [-0.39, 0.29) is 37.1 Å². The van der Waals surface area contributed by atoms with Gasteiger partial charge in [-0.05, 0) is 73.6 Å². The molecule has 4 aliphatic rings. The van der Waals surface area contributed by atoms with Crippen LogP contribution in [0.5, 0.6) is 0 Å². The predicted octanol–water partition coefficient (Wildman–Crippen LogP) is 5.77. The maximum absolute atomic E-state index is 14.7. The number of nitrogens with zero attached hydrogens (tertiary/aromatic N) is 3. The number of benzene rings is 3. The van der Waals surface area contributed by atoms with E-state index in [1.54, 1.807) is 9.80 Å². The van der Waals surface area contributed by atoms with Crippen molar-refractivity contribution in [3.63, 3.8) is 0 Å². The highest BCUT2D eigenvalue weighted by Gasteiger charge is 2.47. The molecule has 3 aliphatic heterocycles. The Balaban J connectivity index is 1.05. The second-order valence-electron chi connectivity index (χ2n) is 15.8. The van der Waals surface area contributed by atoms with Crippen molar-refractivity contribution >= 4 is 17.7 Å². The molecule has 1 saturated carbocycles. The molecular formula is C44H56N4O4. The molecule has 0 aromatic heterocycles. The smallest absolute Gasteiger partial charge is 0.246 e. The third-order valence-electron chi connectivity index (χ3n) is 12.3. The van der Waals surface area contributed by atoms with Crippen molar-refractivity contribution in [1.29, 1.82) is 0 Å². The second kappa shape index (κ2) is 16.8. The van der Waals surface area contributed by atoms with Gasteiger partial charge < -0.3 is 25.1 Å². The molecule has 4 fully saturated rings. The summed E-state index contributed by atoms with van der Waals surface area (Å²) in [5.74, 6) is 0.712. The van der Waals surface area contributed by atoms with E-state index in [4.69, 9.17) is 0 Å². The van der Waals surface area contributed by atoms with Crippen molar-refractivity contribution in [2.45, 2.75) is 94.2 Å². The first kappa shape index (κ1) is 36.4. The summed E-state index contributed by atoms with van der Waals surface area (Å²) in [7, 11) is 0. The van der Waals surface area contributed by atoms with Crippen LogP contribution in [0.25, 0.3) is 0 Å². The van der Waals surface area contributed by atoms with E-state index in [0.717, 1.165) is 55.0 Å². The van der Waals surface area contributed by atoms with E-state index >= 15 is 0 Å². The highest BCUT2D eigenvalue weighted by Crippen LogP contribution is 2.43. The van der Waals surface area contributed by atoms with Crippen LogP contribution in [0.4, 0.5) is 0 Å². The van der Waals surface area contributed by atoms with Gasteiger partial charge in [0.05, 0.1) is 11.5 Å². The average Bonchev–Trinajstić information content (AvgIpc) is 3.85. The summed E-state index contributed by atoms with van der Waals surface area (Å²) in [5.41, 5.74) is 2.13. The van der Waals surface area contributed by atoms with Gasteiger partial charge in [-0.3, -0.25) is 14.4 Å². The highest BCUT2D eigenvalue weighted by molar-refractivity contribution is 5.93. The lowest BCUT2D eigenvalue weighted by Crippen LogP contribution is -2.54. The molecule has 4 atom stereocenters. The van der Waals surface area contributed by atoms with Gasteiger partial charge in [0, 0.05) is 45.6 Å². The summed E-state index contributed by atoms with van der Waals surface area (Å²) in [6.45, 7) is 4.56. The number of aliphatic hydroxyl groups excluding tert-OH is 1. The van der Waals surface area contributed by atoms with Gasteiger partial charge >= 0.3 is 0 Å². The number of β-amino-alcohol motifs (C(OH)–C–C–N with tert-alkyl or cyclic N) is 1. The maximum Gasteiger partial charge on any atom is 0.246 e. The van der Waals surface area contributed by atoms with Gasteiger partial charge in [-0.1, -0.05) is 110 Å². The van der Waals surface area contributed by atoms with Crippen LogP contribution in [0.15, 0.2) is 91.0 Å². The molecule has 1 aliphatic carbocycles. The summed E-state index contributed by atoms with van der Waals surface area (Å²) in [6.07, 6.45) is 9.85. The summed E-state index contributed by atoms with van der Waals surface area (Å²) in [5, 5.41) is 14.2. The van der Waals surface area contributed by atoms with Crippen molar-refractivity contribution in [1.82, 2.24) is 20.0 Å². The van der Waals surface area contributed by atoms with Crippen LogP contribution in [0.1, 0.15) is 87.3 Å². The van der Waals surface area contributed by atoms with Crippen molar-refractivity contribution in [2.75, 3.05) is 39.3 Å². The van der Waals surface area contributed by atoms with Crippen molar-refractivity contribution in [2.24, 2.45) is 11.8 Å². The first-order valence-corrected chi connectivity index (χ1v) is 19.9. The number of aliphatic hydroxyl groups is 1. The minimum atomic E-state index is -0.817. The Kier molecular flexibility index (Phi) is 11.7. The van der Waals surface area contributed by atoms with Gasteiger partial charge in [-0.15, -0.1) is 0 Å². The topological polar surface area (TPSA) is 93.2 Å². The lowest BCUT2D eigenvalue weighted by molar-refractivity contribution is -0.146. The lowest BCUT2D eigenvalue weighted by Gasteiger charge is -2.38. The number of nitrogens with one attached hydrogen (secondary N) is 1. The first-order valence-electron chi connectivity index (χ1n) is 19.9. The minimum Gasteiger partial charge on any atom is -0.391 e. The molecule has 7 rings (SSSR count). The van der Waals surface area contributed by atoms with Gasteiger partial charge in [0.2, 0.25) is 17.7 Å². The SMILES string of the molecule is O=C(NC[C@H]1CCCN(CC2CCCCC2)C1)C1CCCN1C(=O)[C@@H]1C[C@@H](O)CN1C(=O)CC(c1ccccc1)(c1ccccc1)c1ccccc1. The quantitative estimate of drug-likeness (QED) is 0.248. The first-order chi connectivity index (χ1) is 25.4. The summed E-state index contributed by atoms with van der Waals surface area (Å²) in [6, 6.07) is 28.9. The van der Waals surface area contributed by atoms with E-state index in [0.29, 0.717) is 25.4 Å². The summed E-state index contributed by atoms with van der Waals surface area (Å²) < 4.78 is 0. The third-order valence-corrected chi connectivity index (χ3v) is 12.3. The summed E-state index contributed by atoms with van der Waals surface area (Å²) in [4.78, 5) is 48.6. The van der Waals surface area contributed by atoms with Gasteiger partial charge in [-0.2, -0.15) is 0 Å². The molecule has 276 valence electrons. The molecule has 3 saturated heterocycles. The molecule has 52 heavy (non-hydrogen) atoms. The van der Waals surface area contributed by atoms with Gasteiger partial charge in [-0.25, -0.2) is 0 Å². The Morgan fingerprint density at radius 2 is 1.23 bits per heavy atom. The second-order valence-corrected chi connectivity index (χ2v) is 15.8. The van der Waals surface area contributed by atoms with Crippen molar-refractivity contribution < 1.29 is 19.5 Å². The van der Waals surface area contributed by atoms with Crippen LogP contribution >= 0.6 is 0 Å². The fraction of sp³-hybridized carbons (Fsp3) is 0.523. The van der Waals surface area contributed by atoms with E-state index in [1.165, 1.54) is 38.6 Å². The van der Waals surface area contributed by atoms with E-state index in [1.807, 2.05) is 54.6 Å². The Hall–Kier alpha value is -4.01. The number of piperidine rings is 1. The number of carbonyl (C=O) groups excluding carboxylic acids is 3. The standard InChI is InChI=1S/C44H56N4O4/c49-38-27-40(43(52)47-26-14-24-39(47)42(51)45-29-34-17-13-25-46(31-34)30-33-15-5-1-6-16-33)48(32-38)41(50)28-44(35-18-7-2-8-19-35,36-20-9-3-10-21-36)37-22-11-4-12-23-37/h2-4,7-12,18-23,33-34,38-40,49H,1,5-6,13-17,24-32H2,(H,45,51)/t34-,38-,39?,40+/m1/s1. The monoisotopic (exact) mass is 704 g/mol. The molecule has 3 amide bonds. The van der Waals surface area contributed by atoms with Crippen molar-refractivity contribution in [3.05, 3.63) is 108 Å². The largest absolute Gasteiger partial charge is 0.391 e. The van der Waals surface area contributed by atoms with Gasteiger partial charge in [0.25, 0.3) is 0 Å².